The lowest BCUT2D eigenvalue weighted by atomic mass is 9.96. The standard InChI is InChI=1S/C50H30IN3O2/c1-3-11-32(12-4-1)43-28-42(51-49(54-43)33-21-19-31(20-22-33)36-29-52-50(53-30-36)34-13-5-2-6-14-34)40-26-25-37(48-47(40)41-16-8-10-18-45(41)56-48)35-23-24-39-38-15-7-9-17-44(38)55-46(39)27-35/h1-30H. The van der Waals surface area contributed by atoms with Gasteiger partial charge in [0.2, 0.25) is 0 Å². The van der Waals surface area contributed by atoms with Gasteiger partial charge in [0.1, 0.15) is 26.1 Å². The minimum Gasteiger partial charge on any atom is -0.456 e. The van der Waals surface area contributed by atoms with Crippen molar-refractivity contribution in [2.75, 3.05) is 0 Å². The van der Waals surface area contributed by atoms with Gasteiger partial charge in [-0.15, -0.1) is 0 Å². The van der Waals surface area contributed by atoms with Gasteiger partial charge in [0.05, 0.1) is 5.70 Å². The fraction of sp³-hybridized carbons (Fsp3) is 0. The maximum atomic E-state index is 6.76. The average Bonchev–Trinajstić information content (AvgIpc) is 3.85. The van der Waals surface area contributed by atoms with Crippen molar-refractivity contribution in [3.63, 3.8) is 0 Å². The lowest BCUT2D eigenvalue weighted by Crippen LogP contribution is -2.05. The molecule has 264 valence electrons. The summed E-state index contributed by atoms with van der Waals surface area (Å²) in [4.78, 5) is 14.7. The van der Waals surface area contributed by atoms with Gasteiger partial charge in [-0.05, 0) is 53.1 Å². The molecule has 0 atom stereocenters. The summed E-state index contributed by atoms with van der Waals surface area (Å²) < 4.78 is 15.5. The lowest BCUT2D eigenvalue weighted by molar-refractivity contribution is 0.668. The molecule has 0 radical (unpaired) electrons. The van der Waals surface area contributed by atoms with Crippen molar-refractivity contribution in [1.29, 1.82) is 0 Å². The first-order valence-electron chi connectivity index (χ1n) is 18.5. The van der Waals surface area contributed by atoms with Crippen LogP contribution in [0.3, 0.4) is 0 Å². The van der Waals surface area contributed by atoms with Gasteiger partial charge in [-0.3, -0.25) is 0 Å². The first-order chi connectivity index (χ1) is 27.7. The molecule has 5 nitrogen and oxygen atoms in total. The van der Waals surface area contributed by atoms with E-state index in [0.717, 1.165) is 98.1 Å². The van der Waals surface area contributed by atoms with E-state index in [9.17, 15) is 0 Å². The highest BCUT2D eigenvalue weighted by Crippen LogP contribution is 2.42. The maximum absolute atomic E-state index is 6.76. The van der Waals surface area contributed by atoms with E-state index in [0.29, 0.717) is 0 Å². The van der Waals surface area contributed by atoms with Crippen LogP contribution in [0.2, 0.25) is 0 Å². The molecule has 0 unspecified atom stereocenters. The summed E-state index contributed by atoms with van der Waals surface area (Å²) in [6.45, 7) is 0. The fourth-order valence-electron chi connectivity index (χ4n) is 7.57. The molecule has 0 aliphatic carbocycles. The predicted octanol–water partition coefficient (Wildman–Crippen LogP) is 13.3. The molecule has 1 aliphatic rings. The zero-order valence-corrected chi connectivity index (χ0v) is 32.0. The van der Waals surface area contributed by atoms with E-state index in [1.54, 1.807) is 0 Å². The van der Waals surface area contributed by atoms with Gasteiger partial charge >= 0.3 is 0 Å². The Morgan fingerprint density at radius 3 is 1.80 bits per heavy atom. The first-order valence-corrected chi connectivity index (χ1v) is 20.6. The van der Waals surface area contributed by atoms with Crippen molar-refractivity contribution < 1.29 is 8.83 Å². The van der Waals surface area contributed by atoms with Gasteiger partial charge < -0.3 is 8.83 Å². The highest BCUT2D eigenvalue weighted by Gasteiger charge is 2.22. The number of aromatic nitrogens is 2. The Balaban J connectivity index is 1.02. The Labute approximate surface area is 332 Å². The number of para-hydroxylation sites is 2. The van der Waals surface area contributed by atoms with E-state index >= 15 is 0 Å². The number of nitrogens with zero attached hydrogens (tertiary/aromatic N) is 3. The van der Waals surface area contributed by atoms with Gasteiger partial charge in [0, 0.05) is 65.3 Å². The van der Waals surface area contributed by atoms with Crippen LogP contribution in [-0.2, 0) is 0 Å². The van der Waals surface area contributed by atoms with Crippen LogP contribution in [-0.4, -0.2) is 17.2 Å². The molecule has 4 heterocycles. The molecule has 0 saturated carbocycles. The number of aliphatic imine (C=N–C) groups is 1. The Bertz CT molecular complexity index is 3210. The molecule has 11 rings (SSSR count). The molecule has 6 heteroatoms. The summed E-state index contributed by atoms with van der Waals surface area (Å²) in [5.41, 5.74) is 13.0. The molecule has 7 aromatic carbocycles. The SMILES string of the molecule is C1=C(c2ccccc2)N=C(c2ccc(-c3cnc(-c4ccccc4)nc3)cc2)I=C1c1ccc(-c2ccc3c(c2)oc2ccccc23)c2oc3ccccc3c12. The van der Waals surface area contributed by atoms with Crippen molar-refractivity contribution in [2.24, 2.45) is 4.99 Å². The number of allylic oxidation sites excluding steroid dienone is 1. The highest BCUT2D eigenvalue weighted by atomic mass is 127. The zero-order valence-electron chi connectivity index (χ0n) is 29.9. The van der Waals surface area contributed by atoms with Crippen molar-refractivity contribution in [3.8, 4) is 33.6 Å². The molecular weight excluding hydrogens is 801 g/mol. The van der Waals surface area contributed by atoms with E-state index in [-0.39, 0.29) is 0 Å². The molecule has 0 N–H and O–H groups in total. The van der Waals surface area contributed by atoms with Crippen molar-refractivity contribution in [2.45, 2.75) is 0 Å². The number of halogens is 1. The van der Waals surface area contributed by atoms with E-state index in [1.807, 2.05) is 67.0 Å². The van der Waals surface area contributed by atoms with Gasteiger partial charge in [0.15, 0.2) is 5.82 Å². The Hall–Kier alpha value is -6.77. The smallest absolute Gasteiger partial charge is 0.159 e. The zero-order chi connectivity index (χ0) is 37.0. The normalized spacial score (nSPS) is 13.1. The number of hydrogen-bond donors (Lipinski definition) is 0. The quantitative estimate of drug-likeness (QED) is 0.157. The third-order valence-corrected chi connectivity index (χ3v) is 13.2. The fourth-order valence-corrected chi connectivity index (χ4v) is 10.4. The number of benzene rings is 7. The molecule has 10 aromatic rings. The van der Waals surface area contributed by atoms with Gasteiger partial charge in [-0.1, -0.05) is 154 Å². The summed E-state index contributed by atoms with van der Waals surface area (Å²) in [5, 5.41) is 4.45. The summed E-state index contributed by atoms with van der Waals surface area (Å²) in [6.07, 6.45) is 6.09. The molecule has 0 fully saturated rings. The van der Waals surface area contributed by atoms with Crippen LogP contribution in [0.4, 0.5) is 0 Å². The lowest BCUT2D eigenvalue weighted by Gasteiger charge is -2.16. The monoisotopic (exact) mass is 831 g/mol. The van der Waals surface area contributed by atoms with Crippen LogP contribution in [0.15, 0.2) is 196 Å². The van der Waals surface area contributed by atoms with Crippen molar-refractivity contribution in [3.05, 3.63) is 199 Å². The second-order valence-electron chi connectivity index (χ2n) is 13.8. The maximum Gasteiger partial charge on any atom is 0.159 e. The third-order valence-electron chi connectivity index (χ3n) is 10.4. The largest absolute Gasteiger partial charge is 0.456 e. The number of hydrogen-bond acceptors (Lipinski definition) is 5. The summed E-state index contributed by atoms with van der Waals surface area (Å²) in [7, 11) is 0. The summed E-state index contributed by atoms with van der Waals surface area (Å²) in [5.74, 6) is 0.718. The summed E-state index contributed by atoms with van der Waals surface area (Å²) in [6, 6.07) is 56.7. The van der Waals surface area contributed by atoms with Gasteiger partial charge in [-0.2, -0.15) is 0 Å². The Morgan fingerprint density at radius 1 is 0.429 bits per heavy atom. The predicted molar refractivity (Wildman–Crippen MR) is 238 cm³/mol. The topological polar surface area (TPSA) is 64.4 Å². The average molecular weight is 832 g/mol. The Morgan fingerprint density at radius 2 is 1.04 bits per heavy atom. The highest BCUT2D eigenvalue weighted by molar-refractivity contribution is 14.2. The van der Waals surface area contributed by atoms with E-state index in [1.165, 1.54) is 9.07 Å². The number of fused-ring (bicyclic) bond motifs is 6. The molecule has 0 spiro atoms. The molecule has 0 amide bonds. The van der Waals surface area contributed by atoms with Crippen LogP contribution in [0.25, 0.3) is 83.2 Å². The summed E-state index contributed by atoms with van der Waals surface area (Å²) >= 11 is -0.694. The second kappa shape index (κ2) is 13.5. The molecule has 56 heavy (non-hydrogen) atoms. The number of furan rings is 2. The van der Waals surface area contributed by atoms with Crippen LogP contribution in [0.1, 0.15) is 16.7 Å². The molecule has 0 bridgehead atoms. The van der Waals surface area contributed by atoms with Gasteiger partial charge in [0.25, 0.3) is 0 Å². The molecule has 1 aliphatic heterocycles. The van der Waals surface area contributed by atoms with Crippen LogP contribution in [0, 0.1) is 0 Å². The van der Waals surface area contributed by atoms with Crippen LogP contribution < -0.4 is 0 Å². The van der Waals surface area contributed by atoms with E-state index in [2.05, 4.69) is 125 Å². The van der Waals surface area contributed by atoms with Gasteiger partial charge in [-0.25, -0.2) is 15.0 Å². The molecule has 0 saturated heterocycles. The Kier molecular flexibility index (Phi) is 7.88. The third kappa shape index (κ3) is 5.69. The second-order valence-corrected chi connectivity index (χ2v) is 16.5. The van der Waals surface area contributed by atoms with E-state index in [4.69, 9.17) is 13.8 Å². The van der Waals surface area contributed by atoms with Crippen molar-refractivity contribution in [1.82, 2.24) is 9.97 Å². The number of rotatable bonds is 6. The van der Waals surface area contributed by atoms with E-state index < -0.39 is 20.7 Å². The minimum absolute atomic E-state index is 0.694. The van der Waals surface area contributed by atoms with Crippen LogP contribution in [0.5, 0.6) is 0 Å². The first kappa shape index (κ1) is 32.6. The van der Waals surface area contributed by atoms with Crippen molar-refractivity contribution >= 4 is 77.5 Å². The van der Waals surface area contributed by atoms with Crippen LogP contribution >= 0.6 is 20.7 Å². The molecular formula is C50H30IN3O2. The molecule has 3 aromatic heterocycles. The minimum atomic E-state index is -0.694.